The minimum atomic E-state index is -0.946. The summed E-state index contributed by atoms with van der Waals surface area (Å²) in [4.78, 5) is 24.3. The van der Waals surface area contributed by atoms with Gasteiger partial charge in [-0.25, -0.2) is 5.43 Å². The molecule has 0 aliphatic rings. The summed E-state index contributed by atoms with van der Waals surface area (Å²) in [5, 5.41) is 7.32. The molecule has 0 aromatic heterocycles. The number of hydrogen-bond acceptors (Lipinski definition) is 6. The van der Waals surface area contributed by atoms with Crippen LogP contribution in [-0.2, 0) is 16.2 Å². The number of carbonyl (C=O) groups is 2. The van der Waals surface area contributed by atoms with Crippen molar-refractivity contribution in [2.45, 2.75) is 13.5 Å². The van der Waals surface area contributed by atoms with Crippen LogP contribution in [0, 0.1) is 0 Å². The van der Waals surface area contributed by atoms with E-state index in [-0.39, 0.29) is 6.61 Å². The van der Waals surface area contributed by atoms with Gasteiger partial charge in [-0.1, -0.05) is 41.4 Å². The summed E-state index contributed by atoms with van der Waals surface area (Å²) < 4.78 is 17.4. The largest absolute Gasteiger partial charge is 0.495 e. The zero-order valence-electron chi connectivity index (χ0n) is 19.3. The van der Waals surface area contributed by atoms with Crippen LogP contribution < -0.4 is 25.0 Å². The third-order valence-electron chi connectivity index (χ3n) is 4.70. The minimum absolute atomic E-state index is 0.127. The van der Waals surface area contributed by atoms with Crippen LogP contribution in [0.25, 0.3) is 0 Å². The average Bonchev–Trinajstić information content (AvgIpc) is 2.85. The lowest BCUT2D eigenvalue weighted by molar-refractivity contribution is -0.136. The molecule has 0 spiro atoms. The summed E-state index contributed by atoms with van der Waals surface area (Å²) >= 11 is 15.9. The fourth-order valence-corrected chi connectivity index (χ4v) is 4.10. The summed E-state index contributed by atoms with van der Waals surface area (Å²) in [6.45, 7) is 2.35. The molecule has 0 bridgehead atoms. The zero-order chi connectivity index (χ0) is 26.1. The maximum absolute atomic E-state index is 12.2. The van der Waals surface area contributed by atoms with Gasteiger partial charge in [-0.15, -0.1) is 0 Å². The molecule has 3 aromatic carbocycles. The van der Waals surface area contributed by atoms with E-state index in [0.29, 0.717) is 55.2 Å². The van der Waals surface area contributed by atoms with Gasteiger partial charge in [0.1, 0.15) is 12.4 Å². The van der Waals surface area contributed by atoms with Crippen LogP contribution in [0.2, 0.25) is 10.0 Å². The van der Waals surface area contributed by atoms with Crippen molar-refractivity contribution in [3.63, 3.8) is 0 Å². The molecule has 0 saturated heterocycles. The second-order valence-corrected chi connectivity index (χ2v) is 8.77. The number of carbonyl (C=O) groups excluding carboxylic acids is 2. The summed E-state index contributed by atoms with van der Waals surface area (Å²) in [5.41, 5.74) is 3.79. The van der Waals surface area contributed by atoms with Crippen LogP contribution in [0.5, 0.6) is 17.2 Å². The number of ether oxygens (including phenoxy) is 3. The molecule has 0 radical (unpaired) electrons. The molecule has 188 valence electrons. The van der Waals surface area contributed by atoms with Gasteiger partial charge in [0.05, 0.1) is 30.1 Å². The zero-order valence-corrected chi connectivity index (χ0v) is 22.4. The fourth-order valence-electron chi connectivity index (χ4n) is 3.02. The molecule has 3 aromatic rings. The van der Waals surface area contributed by atoms with E-state index in [0.717, 1.165) is 0 Å². The van der Waals surface area contributed by atoms with Crippen molar-refractivity contribution < 1.29 is 23.8 Å². The number of nitrogens with one attached hydrogen (secondary N) is 2. The number of hydrogen-bond donors (Lipinski definition) is 2. The Morgan fingerprint density at radius 1 is 1.00 bits per heavy atom. The highest BCUT2D eigenvalue weighted by Gasteiger charge is 2.16. The van der Waals surface area contributed by atoms with Crippen LogP contribution in [0.3, 0.4) is 0 Å². The van der Waals surface area contributed by atoms with Crippen LogP contribution in [-0.4, -0.2) is 31.7 Å². The number of rotatable bonds is 9. The number of nitrogens with zero attached hydrogens (tertiary/aromatic N) is 1. The molecule has 2 N–H and O–H groups in total. The maximum Gasteiger partial charge on any atom is 0.329 e. The van der Waals surface area contributed by atoms with Gasteiger partial charge in [0.25, 0.3) is 0 Å². The molecule has 0 aliphatic heterocycles. The standard InChI is InChI=1S/C25H22BrCl2N3O5/c1-3-35-22-12-15(11-17(26)23(22)36-14-16-18(27)7-6-8-19(16)28)13-29-31-25(33)24(32)30-20-9-4-5-10-21(20)34-2/h4-13H,3,14H2,1-2H3,(H,30,32)(H,31,33). The topological polar surface area (TPSA) is 98.2 Å². The maximum atomic E-state index is 12.2. The fraction of sp³-hybridized carbons (Fsp3) is 0.160. The highest BCUT2D eigenvalue weighted by Crippen LogP contribution is 2.38. The number of anilines is 1. The Morgan fingerprint density at radius 2 is 1.72 bits per heavy atom. The van der Waals surface area contributed by atoms with Crippen molar-refractivity contribution in [2.24, 2.45) is 5.10 Å². The van der Waals surface area contributed by atoms with Crippen molar-refractivity contribution in [1.82, 2.24) is 5.43 Å². The molecule has 0 saturated carbocycles. The molecule has 0 fully saturated rings. The van der Waals surface area contributed by atoms with Crippen LogP contribution >= 0.6 is 39.1 Å². The van der Waals surface area contributed by atoms with E-state index in [4.69, 9.17) is 37.4 Å². The highest BCUT2D eigenvalue weighted by atomic mass is 79.9. The Labute approximate surface area is 226 Å². The molecule has 11 heteroatoms. The summed E-state index contributed by atoms with van der Waals surface area (Å²) in [6, 6.07) is 15.3. The van der Waals surface area contributed by atoms with E-state index in [1.165, 1.54) is 13.3 Å². The Hall–Kier alpha value is -3.27. The van der Waals surface area contributed by atoms with Gasteiger partial charge in [-0.05, 0) is 64.8 Å². The molecule has 0 aliphatic carbocycles. The Bertz CT molecular complexity index is 1270. The van der Waals surface area contributed by atoms with Gasteiger partial charge in [0.2, 0.25) is 0 Å². The SMILES string of the molecule is CCOc1cc(C=NNC(=O)C(=O)Nc2ccccc2OC)cc(Br)c1OCc1c(Cl)cccc1Cl. The molecule has 8 nitrogen and oxygen atoms in total. The molecule has 36 heavy (non-hydrogen) atoms. The van der Waals surface area contributed by atoms with Gasteiger partial charge < -0.3 is 19.5 Å². The molecule has 3 rings (SSSR count). The molecule has 0 heterocycles. The van der Waals surface area contributed by atoms with E-state index >= 15 is 0 Å². The number of hydrazone groups is 1. The second-order valence-electron chi connectivity index (χ2n) is 7.11. The third kappa shape index (κ3) is 7.13. The summed E-state index contributed by atoms with van der Waals surface area (Å²) in [5.74, 6) is -0.524. The van der Waals surface area contributed by atoms with Gasteiger partial charge in [-0.3, -0.25) is 9.59 Å². The number of methoxy groups -OCH3 is 1. The van der Waals surface area contributed by atoms with E-state index in [2.05, 4.69) is 31.8 Å². The van der Waals surface area contributed by atoms with E-state index in [1.807, 2.05) is 6.92 Å². The highest BCUT2D eigenvalue weighted by molar-refractivity contribution is 9.10. The van der Waals surface area contributed by atoms with Crippen molar-refractivity contribution in [3.8, 4) is 17.2 Å². The Kier molecular flexibility index (Phi) is 9.98. The smallest absolute Gasteiger partial charge is 0.329 e. The average molecular weight is 595 g/mol. The molecule has 0 atom stereocenters. The number of benzene rings is 3. The first kappa shape index (κ1) is 27.3. The molecule has 0 unspecified atom stereocenters. The van der Waals surface area contributed by atoms with Crippen LogP contribution in [0.15, 0.2) is 64.2 Å². The van der Waals surface area contributed by atoms with Gasteiger partial charge in [0.15, 0.2) is 11.5 Å². The lowest BCUT2D eigenvalue weighted by Crippen LogP contribution is -2.32. The molecular formula is C25H22BrCl2N3O5. The normalized spacial score (nSPS) is 10.7. The number of amides is 2. The van der Waals surface area contributed by atoms with Crippen LogP contribution in [0.4, 0.5) is 5.69 Å². The van der Waals surface area contributed by atoms with Crippen molar-refractivity contribution in [3.05, 3.63) is 80.2 Å². The summed E-state index contributed by atoms with van der Waals surface area (Å²) in [7, 11) is 1.46. The van der Waals surface area contributed by atoms with Crippen LogP contribution in [0.1, 0.15) is 18.1 Å². The predicted molar refractivity (Wildman–Crippen MR) is 143 cm³/mol. The summed E-state index contributed by atoms with van der Waals surface area (Å²) in [6.07, 6.45) is 1.37. The van der Waals surface area contributed by atoms with Crippen molar-refractivity contribution in [1.29, 1.82) is 0 Å². The monoisotopic (exact) mass is 593 g/mol. The van der Waals surface area contributed by atoms with E-state index < -0.39 is 11.8 Å². The lowest BCUT2D eigenvalue weighted by Gasteiger charge is -2.15. The number of halogens is 3. The third-order valence-corrected chi connectivity index (χ3v) is 5.99. The Balaban J connectivity index is 1.68. The first-order valence-electron chi connectivity index (χ1n) is 10.6. The van der Waals surface area contributed by atoms with E-state index in [9.17, 15) is 9.59 Å². The molecule has 2 amide bonds. The predicted octanol–water partition coefficient (Wildman–Crippen LogP) is 5.83. The van der Waals surface area contributed by atoms with Gasteiger partial charge >= 0.3 is 11.8 Å². The minimum Gasteiger partial charge on any atom is -0.495 e. The van der Waals surface area contributed by atoms with Gasteiger partial charge in [-0.2, -0.15) is 5.10 Å². The van der Waals surface area contributed by atoms with Crippen molar-refractivity contribution >= 4 is 62.8 Å². The molecular weight excluding hydrogens is 573 g/mol. The Morgan fingerprint density at radius 3 is 2.42 bits per heavy atom. The van der Waals surface area contributed by atoms with Crippen molar-refractivity contribution in [2.75, 3.05) is 19.0 Å². The van der Waals surface area contributed by atoms with E-state index in [1.54, 1.807) is 54.6 Å². The lowest BCUT2D eigenvalue weighted by atomic mass is 10.2. The quantitative estimate of drug-likeness (QED) is 0.184. The second kappa shape index (κ2) is 13.2. The first-order chi connectivity index (χ1) is 17.3. The van der Waals surface area contributed by atoms with Gasteiger partial charge in [0, 0.05) is 15.6 Å². The number of para-hydroxylation sites is 2. The first-order valence-corrected chi connectivity index (χ1v) is 12.2.